The molecule has 224 valence electrons. The van der Waals surface area contributed by atoms with Gasteiger partial charge >= 0.3 is 0 Å². The zero-order valence-corrected chi connectivity index (χ0v) is 25.1. The van der Waals surface area contributed by atoms with Crippen LogP contribution in [0.2, 0.25) is 0 Å². The Morgan fingerprint density at radius 1 is 1.14 bits per heavy atom. The third kappa shape index (κ3) is 5.87. The Bertz CT molecular complexity index is 1950. The van der Waals surface area contributed by atoms with Gasteiger partial charge in [-0.15, -0.1) is 0 Å². The first-order chi connectivity index (χ1) is 21.1. The minimum Gasteiger partial charge on any atom is -0.453 e. The van der Waals surface area contributed by atoms with Crippen molar-refractivity contribution in [2.45, 2.75) is 46.3 Å². The number of allylic oxidation sites excluding steroid dienone is 4. The van der Waals surface area contributed by atoms with E-state index < -0.39 is 17.1 Å². The summed E-state index contributed by atoms with van der Waals surface area (Å²) in [7, 11) is 0. The van der Waals surface area contributed by atoms with Gasteiger partial charge in [0.05, 0.1) is 23.5 Å². The zero-order valence-electron chi connectivity index (χ0n) is 25.1. The van der Waals surface area contributed by atoms with Crippen LogP contribution in [-0.2, 0) is 6.54 Å². The number of ether oxygens (including phenoxy) is 1. The number of furan rings is 1. The van der Waals surface area contributed by atoms with Crippen molar-refractivity contribution in [2.24, 2.45) is 5.92 Å². The van der Waals surface area contributed by atoms with Crippen LogP contribution in [0.1, 0.15) is 49.0 Å². The number of aromatic nitrogens is 3. The molecule has 0 saturated carbocycles. The molecule has 1 atom stereocenters. The second kappa shape index (κ2) is 11.5. The standard InChI is InChI=1S/C35H34N4O5/c1-22-9-8-10-24(19-22)30-20-28-32(44-30)29(17-18-36-28)43-27-15-13-25(14-16-27)37-33(40)31-23(2)38(21-35(3,4)42)39(34(31)41)26-11-6-5-7-12-26/h5-8,10-20,22,42H,9,21H2,1-4H3,(H,37,40). The number of benzene rings is 2. The van der Waals surface area contributed by atoms with Crippen molar-refractivity contribution in [3.8, 4) is 17.2 Å². The number of nitrogens with one attached hydrogen (secondary N) is 1. The molecule has 2 N–H and O–H groups in total. The highest BCUT2D eigenvalue weighted by Crippen LogP contribution is 2.35. The molecule has 1 amide bonds. The number of rotatable bonds is 8. The van der Waals surface area contributed by atoms with E-state index in [2.05, 4.69) is 35.5 Å². The highest BCUT2D eigenvalue weighted by Gasteiger charge is 2.27. The van der Waals surface area contributed by atoms with Crippen molar-refractivity contribution in [2.75, 3.05) is 5.32 Å². The topological polar surface area (TPSA) is 112 Å². The number of hydrogen-bond acceptors (Lipinski definition) is 6. The summed E-state index contributed by atoms with van der Waals surface area (Å²) >= 11 is 0. The smallest absolute Gasteiger partial charge is 0.284 e. The molecule has 1 unspecified atom stereocenters. The number of aliphatic hydroxyl groups is 1. The van der Waals surface area contributed by atoms with Gasteiger partial charge in [-0.3, -0.25) is 19.3 Å². The van der Waals surface area contributed by atoms with Crippen molar-refractivity contribution in [1.29, 1.82) is 0 Å². The van der Waals surface area contributed by atoms with Crippen LogP contribution in [0.5, 0.6) is 11.5 Å². The molecule has 0 fully saturated rings. The second-order valence-corrected chi connectivity index (χ2v) is 11.7. The van der Waals surface area contributed by atoms with E-state index in [4.69, 9.17) is 9.15 Å². The lowest BCUT2D eigenvalue weighted by atomic mass is 9.97. The van der Waals surface area contributed by atoms with Crippen molar-refractivity contribution in [3.63, 3.8) is 0 Å². The SMILES string of the molecule is Cc1c(C(=O)Nc2ccc(Oc3ccnc4cc(C5=CC(C)CC=C5)oc34)cc2)c(=O)n(-c2ccccc2)n1CC(C)(C)O. The maximum atomic E-state index is 13.6. The molecule has 1 aliphatic carbocycles. The van der Waals surface area contributed by atoms with E-state index >= 15 is 0 Å². The molecule has 6 rings (SSSR count). The molecular formula is C35H34N4O5. The van der Waals surface area contributed by atoms with E-state index in [-0.39, 0.29) is 12.1 Å². The van der Waals surface area contributed by atoms with Gasteiger partial charge in [0.25, 0.3) is 11.5 Å². The van der Waals surface area contributed by atoms with E-state index in [0.29, 0.717) is 45.6 Å². The highest BCUT2D eigenvalue weighted by molar-refractivity contribution is 6.05. The monoisotopic (exact) mass is 590 g/mol. The molecule has 2 aromatic carbocycles. The van der Waals surface area contributed by atoms with Gasteiger partial charge in [0.2, 0.25) is 0 Å². The third-order valence-corrected chi connectivity index (χ3v) is 7.43. The largest absolute Gasteiger partial charge is 0.453 e. The lowest BCUT2D eigenvalue weighted by molar-refractivity contribution is 0.0546. The summed E-state index contributed by atoms with van der Waals surface area (Å²) in [4.78, 5) is 31.4. The zero-order chi connectivity index (χ0) is 31.0. The molecular weight excluding hydrogens is 556 g/mol. The van der Waals surface area contributed by atoms with Crippen LogP contribution in [0.25, 0.3) is 22.4 Å². The van der Waals surface area contributed by atoms with Gasteiger partial charge in [0.1, 0.15) is 22.6 Å². The molecule has 0 aliphatic heterocycles. The molecule has 3 aromatic heterocycles. The van der Waals surface area contributed by atoms with E-state index in [1.54, 1.807) is 74.1 Å². The van der Waals surface area contributed by atoms with E-state index in [0.717, 1.165) is 17.8 Å². The Labute approximate surface area is 254 Å². The van der Waals surface area contributed by atoms with Gasteiger partial charge in [0.15, 0.2) is 11.3 Å². The van der Waals surface area contributed by atoms with E-state index in [9.17, 15) is 14.7 Å². The van der Waals surface area contributed by atoms with Crippen LogP contribution in [-0.4, -0.2) is 31.0 Å². The van der Waals surface area contributed by atoms with Crippen LogP contribution in [0.3, 0.4) is 0 Å². The summed E-state index contributed by atoms with van der Waals surface area (Å²) in [6.07, 6.45) is 9.07. The fourth-order valence-corrected chi connectivity index (χ4v) is 5.36. The Morgan fingerprint density at radius 3 is 2.59 bits per heavy atom. The summed E-state index contributed by atoms with van der Waals surface area (Å²) < 4.78 is 15.4. The summed E-state index contributed by atoms with van der Waals surface area (Å²) in [5.74, 6) is 1.70. The quantitative estimate of drug-likeness (QED) is 0.204. The molecule has 9 heteroatoms. The maximum absolute atomic E-state index is 13.6. The molecule has 0 bridgehead atoms. The summed E-state index contributed by atoms with van der Waals surface area (Å²) in [5, 5.41) is 13.4. The average molecular weight is 591 g/mol. The Kier molecular flexibility index (Phi) is 7.57. The van der Waals surface area contributed by atoms with Crippen LogP contribution in [0.4, 0.5) is 5.69 Å². The minimum absolute atomic E-state index is 0.00329. The number of carbonyl (C=O) groups excluding carboxylic acids is 1. The van der Waals surface area contributed by atoms with E-state index in [1.165, 1.54) is 4.68 Å². The van der Waals surface area contributed by atoms with Gasteiger partial charge in [-0.25, -0.2) is 4.68 Å². The molecule has 0 saturated heterocycles. The molecule has 0 spiro atoms. The first-order valence-corrected chi connectivity index (χ1v) is 14.5. The molecule has 0 radical (unpaired) electrons. The minimum atomic E-state index is -1.11. The first kappa shape index (κ1) is 28.9. The number of amides is 1. The van der Waals surface area contributed by atoms with Crippen molar-refractivity contribution < 1.29 is 19.1 Å². The maximum Gasteiger partial charge on any atom is 0.284 e. The Morgan fingerprint density at radius 2 is 1.89 bits per heavy atom. The van der Waals surface area contributed by atoms with Crippen LogP contribution in [0, 0.1) is 12.8 Å². The number of hydrogen-bond donors (Lipinski definition) is 2. The van der Waals surface area contributed by atoms with Gasteiger partial charge in [0, 0.05) is 29.6 Å². The Hall–Kier alpha value is -5.15. The lowest BCUT2D eigenvalue weighted by Crippen LogP contribution is -2.32. The number of fused-ring (bicyclic) bond motifs is 1. The molecule has 9 nitrogen and oxygen atoms in total. The Balaban J connectivity index is 1.23. The van der Waals surface area contributed by atoms with Gasteiger partial charge in [-0.2, -0.15) is 0 Å². The van der Waals surface area contributed by atoms with Crippen LogP contribution in [0.15, 0.2) is 100 Å². The van der Waals surface area contributed by atoms with Crippen molar-refractivity contribution in [1.82, 2.24) is 14.3 Å². The summed E-state index contributed by atoms with van der Waals surface area (Å²) in [6, 6.07) is 19.6. The lowest BCUT2D eigenvalue weighted by Gasteiger charge is -2.22. The predicted octanol–water partition coefficient (Wildman–Crippen LogP) is 6.88. The normalized spacial score (nSPS) is 14.9. The third-order valence-electron chi connectivity index (χ3n) is 7.43. The first-order valence-electron chi connectivity index (χ1n) is 14.5. The number of pyridine rings is 1. The number of anilines is 1. The van der Waals surface area contributed by atoms with Crippen molar-refractivity contribution in [3.05, 3.63) is 119 Å². The van der Waals surface area contributed by atoms with E-state index in [1.807, 2.05) is 24.3 Å². The highest BCUT2D eigenvalue weighted by atomic mass is 16.5. The van der Waals surface area contributed by atoms with Crippen molar-refractivity contribution >= 4 is 28.3 Å². The fraction of sp³-hybridized carbons (Fsp3) is 0.229. The van der Waals surface area contributed by atoms with Gasteiger partial charge in [-0.05, 0) is 69.5 Å². The summed E-state index contributed by atoms with van der Waals surface area (Å²) in [6.45, 7) is 7.30. The van der Waals surface area contributed by atoms with Crippen LogP contribution >= 0.6 is 0 Å². The fourth-order valence-electron chi connectivity index (χ4n) is 5.36. The molecule has 1 aliphatic rings. The predicted molar refractivity (Wildman–Crippen MR) is 170 cm³/mol. The number of para-hydroxylation sites is 1. The molecule has 3 heterocycles. The number of carbonyl (C=O) groups is 1. The van der Waals surface area contributed by atoms with Gasteiger partial charge in [-0.1, -0.05) is 43.4 Å². The molecule has 5 aromatic rings. The molecule has 44 heavy (non-hydrogen) atoms. The second-order valence-electron chi connectivity index (χ2n) is 11.7. The average Bonchev–Trinajstić information content (AvgIpc) is 3.53. The summed E-state index contributed by atoms with van der Waals surface area (Å²) in [5.41, 5.74) is 2.23. The van der Waals surface area contributed by atoms with Crippen LogP contribution < -0.4 is 15.6 Å². The van der Waals surface area contributed by atoms with Gasteiger partial charge < -0.3 is 19.6 Å². The number of nitrogens with zero attached hydrogens (tertiary/aromatic N) is 3.